The Kier molecular flexibility index (Phi) is 5.13. The highest BCUT2D eigenvalue weighted by Crippen LogP contribution is 2.27. The van der Waals surface area contributed by atoms with Crippen LogP contribution in [0.5, 0.6) is 0 Å². The van der Waals surface area contributed by atoms with Crippen LogP contribution in [0.25, 0.3) is 0 Å². The molecule has 1 amide bonds. The number of alkyl halides is 3. The summed E-state index contributed by atoms with van der Waals surface area (Å²) in [7, 11) is 0. The van der Waals surface area contributed by atoms with Crippen molar-refractivity contribution in [2.45, 2.75) is 25.6 Å². The number of nitrogens with one attached hydrogen (secondary N) is 1. The molecule has 22 heavy (non-hydrogen) atoms. The number of hydrogen-bond acceptors (Lipinski definition) is 4. The number of ketones is 1. The van der Waals surface area contributed by atoms with E-state index in [0.717, 1.165) is 11.3 Å². The number of aliphatic carboxylic acids is 1. The monoisotopic (exact) mass is 318 g/mol. The average molecular weight is 318 g/mol. The van der Waals surface area contributed by atoms with Gasteiger partial charge in [0.1, 0.15) is 0 Å². The first-order chi connectivity index (χ1) is 10.0. The van der Waals surface area contributed by atoms with Crippen molar-refractivity contribution in [2.24, 2.45) is 5.73 Å². The van der Waals surface area contributed by atoms with Gasteiger partial charge in [-0.1, -0.05) is 6.07 Å². The fraction of sp³-hybridized carbons (Fsp3) is 0.308. The summed E-state index contributed by atoms with van der Waals surface area (Å²) < 4.78 is 31.7. The summed E-state index contributed by atoms with van der Waals surface area (Å²) in [5.41, 5.74) is 7.53. The largest absolute Gasteiger partial charge is 0.490 e. The van der Waals surface area contributed by atoms with Gasteiger partial charge >= 0.3 is 12.1 Å². The van der Waals surface area contributed by atoms with E-state index in [1.807, 2.05) is 6.07 Å². The van der Waals surface area contributed by atoms with E-state index in [9.17, 15) is 22.8 Å². The molecule has 1 aliphatic rings. The minimum atomic E-state index is -5.08. The number of carboxylic acids is 1. The van der Waals surface area contributed by atoms with Crippen LogP contribution in [0.2, 0.25) is 0 Å². The molecule has 0 saturated carbocycles. The molecule has 0 fully saturated rings. The number of fused-ring (bicyclic) bond motifs is 1. The maximum absolute atomic E-state index is 11.2. The molecular formula is C13H13F3N2O4. The van der Waals surface area contributed by atoms with Crippen molar-refractivity contribution in [2.75, 3.05) is 5.32 Å². The van der Waals surface area contributed by atoms with Crippen molar-refractivity contribution in [3.05, 3.63) is 29.3 Å². The molecule has 0 saturated heterocycles. The topological polar surface area (TPSA) is 109 Å². The standard InChI is InChI=1S/C11H12N2O2.C2HF3O2/c1-6(14)9-4-7-2-3-8(11(12)15)5-10(7)13-9;3-2(4,5)1(6)7/h2-3,5,9,13H,4H2,1H3,(H2,12,15);(H,6,7). The SMILES string of the molecule is CC(=O)C1Cc2ccc(C(N)=O)cc2N1.O=C(O)C(F)(F)F. The lowest BCUT2D eigenvalue weighted by Gasteiger charge is -2.05. The quantitative estimate of drug-likeness (QED) is 0.762. The molecule has 0 aliphatic carbocycles. The molecule has 1 aromatic carbocycles. The van der Waals surface area contributed by atoms with Gasteiger partial charge in [0, 0.05) is 17.7 Å². The van der Waals surface area contributed by atoms with Crippen LogP contribution < -0.4 is 11.1 Å². The zero-order valence-electron chi connectivity index (χ0n) is 11.4. The Morgan fingerprint density at radius 3 is 2.27 bits per heavy atom. The minimum absolute atomic E-state index is 0.104. The number of primary amides is 1. The van der Waals surface area contributed by atoms with Gasteiger partial charge in [0.05, 0.1) is 6.04 Å². The Balaban J connectivity index is 0.000000295. The van der Waals surface area contributed by atoms with Crippen LogP contribution in [0, 0.1) is 0 Å². The van der Waals surface area contributed by atoms with E-state index < -0.39 is 18.1 Å². The highest BCUT2D eigenvalue weighted by molar-refractivity contribution is 5.95. The number of carbonyl (C=O) groups excluding carboxylic acids is 2. The van der Waals surface area contributed by atoms with Crippen molar-refractivity contribution < 1.29 is 32.7 Å². The zero-order valence-corrected chi connectivity index (χ0v) is 11.4. The van der Waals surface area contributed by atoms with Gasteiger partial charge in [-0.3, -0.25) is 9.59 Å². The van der Waals surface area contributed by atoms with Crippen molar-refractivity contribution in [1.82, 2.24) is 0 Å². The molecule has 1 heterocycles. The van der Waals surface area contributed by atoms with Gasteiger partial charge in [-0.15, -0.1) is 0 Å². The van der Waals surface area contributed by atoms with Crippen LogP contribution in [0.3, 0.4) is 0 Å². The molecule has 4 N–H and O–H groups in total. The highest BCUT2D eigenvalue weighted by Gasteiger charge is 2.38. The predicted molar refractivity (Wildman–Crippen MR) is 70.4 cm³/mol. The highest BCUT2D eigenvalue weighted by atomic mass is 19.4. The van der Waals surface area contributed by atoms with Crippen LogP contribution in [0.1, 0.15) is 22.8 Å². The summed E-state index contributed by atoms with van der Waals surface area (Å²) in [4.78, 5) is 31.0. The number of halogens is 3. The number of nitrogens with two attached hydrogens (primary N) is 1. The third kappa shape index (κ3) is 4.47. The van der Waals surface area contributed by atoms with Crippen LogP contribution in [-0.4, -0.2) is 35.0 Å². The second-order valence-electron chi connectivity index (χ2n) is 4.55. The molecule has 1 atom stereocenters. The first-order valence-corrected chi connectivity index (χ1v) is 6.02. The number of carboxylic acid groups (broad SMARTS) is 1. The van der Waals surface area contributed by atoms with E-state index in [4.69, 9.17) is 15.6 Å². The Bertz CT molecular complexity index is 614. The van der Waals surface area contributed by atoms with Crippen molar-refractivity contribution in [1.29, 1.82) is 0 Å². The van der Waals surface area contributed by atoms with Gasteiger partial charge in [0.15, 0.2) is 5.78 Å². The van der Waals surface area contributed by atoms with Crippen LogP contribution in [0.15, 0.2) is 18.2 Å². The lowest BCUT2D eigenvalue weighted by atomic mass is 10.1. The summed E-state index contributed by atoms with van der Waals surface area (Å²) >= 11 is 0. The number of anilines is 1. The molecule has 1 unspecified atom stereocenters. The molecule has 2 rings (SSSR count). The third-order valence-electron chi connectivity index (χ3n) is 2.88. The number of benzene rings is 1. The summed E-state index contributed by atoms with van der Waals surface area (Å²) in [6.07, 6.45) is -4.40. The minimum Gasteiger partial charge on any atom is -0.475 e. The Labute approximate surface area is 123 Å². The lowest BCUT2D eigenvalue weighted by Crippen LogP contribution is -2.24. The molecule has 120 valence electrons. The summed E-state index contributed by atoms with van der Waals surface area (Å²) in [6, 6.07) is 5.06. The zero-order chi connectivity index (χ0) is 17.1. The van der Waals surface area contributed by atoms with Gasteiger partial charge in [0.2, 0.25) is 5.91 Å². The Morgan fingerprint density at radius 2 is 1.86 bits per heavy atom. The summed E-state index contributed by atoms with van der Waals surface area (Å²) in [6.45, 7) is 1.55. The van der Waals surface area contributed by atoms with Gasteiger partial charge in [-0.25, -0.2) is 4.79 Å². The smallest absolute Gasteiger partial charge is 0.475 e. The summed E-state index contributed by atoms with van der Waals surface area (Å²) in [5, 5.41) is 10.2. The van der Waals surface area contributed by atoms with E-state index in [1.54, 1.807) is 19.1 Å². The van der Waals surface area contributed by atoms with Crippen LogP contribution >= 0.6 is 0 Å². The van der Waals surface area contributed by atoms with Crippen molar-refractivity contribution >= 4 is 23.3 Å². The van der Waals surface area contributed by atoms with E-state index in [2.05, 4.69) is 5.32 Å². The third-order valence-corrected chi connectivity index (χ3v) is 2.88. The van der Waals surface area contributed by atoms with Crippen LogP contribution in [0.4, 0.5) is 18.9 Å². The lowest BCUT2D eigenvalue weighted by molar-refractivity contribution is -0.192. The number of amides is 1. The molecule has 0 spiro atoms. The maximum Gasteiger partial charge on any atom is 0.490 e. The molecule has 1 aromatic rings. The normalized spacial score (nSPS) is 15.9. The van der Waals surface area contributed by atoms with E-state index in [1.165, 1.54) is 0 Å². The fourth-order valence-electron chi connectivity index (χ4n) is 1.75. The molecule has 0 radical (unpaired) electrons. The average Bonchev–Trinajstić information content (AvgIpc) is 2.81. The molecule has 1 aliphatic heterocycles. The number of carbonyl (C=O) groups is 3. The second kappa shape index (κ2) is 6.46. The number of hydrogen-bond donors (Lipinski definition) is 3. The van der Waals surface area contributed by atoms with Crippen LogP contribution in [-0.2, 0) is 16.0 Å². The number of Topliss-reactive ketones (excluding diaryl/α,β-unsaturated/α-hetero) is 1. The molecule has 0 bridgehead atoms. The van der Waals surface area contributed by atoms with Crippen molar-refractivity contribution in [3.63, 3.8) is 0 Å². The summed E-state index contributed by atoms with van der Waals surface area (Å²) in [5.74, 6) is -3.11. The number of rotatable bonds is 2. The molecule has 0 aromatic heterocycles. The van der Waals surface area contributed by atoms with E-state index in [0.29, 0.717) is 12.0 Å². The fourth-order valence-corrected chi connectivity index (χ4v) is 1.75. The first kappa shape index (κ1) is 17.5. The Morgan fingerprint density at radius 1 is 1.32 bits per heavy atom. The van der Waals surface area contributed by atoms with Gasteiger partial charge < -0.3 is 16.2 Å². The maximum atomic E-state index is 11.2. The second-order valence-corrected chi connectivity index (χ2v) is 4.55. The first-order valence-electron chi connectivity index (χ1n) is 6.02. The van der Waals surface area contributed by atoms with Gasteiger partial charge in [-0.2, -0.15) is 13.2 Å². The Hall–Kier alpha value is -2.58. The molecular weight excluding hydrogens is 305 g/mol. The van der Waals surface area contributed by atoms with E-state index in [-0.39, 0.29) is 11.8 Å². The van der Waals surface area contributed by atoms with Crippen molar-refractivity contribution in [3.8, 4) is 0 Å². The predicted octanol–water partition coefficient (Wildman–Crippen LogP) is 1.34. The van der Waals surface area contributed by atoms with E-state index >= 15 is 0 Å². The molecule has 6 nitrogen and oxygen atoms in total. The van der Waals surface area contributed by atoms with Gasteiger partial charge in [-0.05, 0) is 24.6 Å². The molecule has 9 heteroatoms. The van der Waals surface area contributed by atoms with Gasteiger partial charge in [0.25, 0.3) is 0 Å².